The number of likely N-dealkylation sites (tertiary alicyclic amines) is 1. The van der Waals surface area contributed by atoms with Crippen LogP contribution in [0.1, 0.15) is 25.3 Å². The fourth-order valence-electron chi connectivity index (χ4n) is 2.90. The van der Waals surface area contributed by atoms with Crippen LogP contribution in [0, 0.1) is 5.92 Å². The number of hydrogen-bond acceptors (Lipinski definition) is 5. The standard InChI is InChI=1S/C17H25NO4/c1-4-22-17(19)13-6-5-9-18(11-13)12-14-10-15(20-2)7-8-16(14)21-3/h7-8,10,13H,4-6,9,11-12H2,1-3H3/t13-/m0/s1. The van der Waals surface area contributed by atoms with Gasteiger partial charge in [0.1, 0.15) is 11.5 Å². The largest absolute Gasteiger partial charge is 0.497 e. The number of nitrogens with zero attached hydrogens (tertiary/aromatic N) is 1. The van der Waals surface area contributed by atoms with Crippen LogP contribution >= 0.6 is 0 Å². The highest BCUT2D eigenvalue weighted by Gasteiger charge is 2.27. The SMILES string of the molecule is CCOC(=O)[C@H]1CCCN(Cc2cc(OC)ccc2OC)C1. The van der Waals surface area contributed by atoms with E-state index in [-0.39, 0.29) is 11.9 Å². The zero-order valence-corrected chi connectivity index (χ0v) is 13.6. The Bertz CT molecular complexity index is 503. The average molecular weight is 307 g/mol. The van der Waals surface area contributed by atoms with E-state index < -0.39 is 0 Å². The van der Waals surface area contributed by atoms with Crippen molar-refractivity contribution >= 4 is 5.97 Å². The minimum absolute atomic E-state index is 0.0229. The zero-order chi connectivity index (χ0) is 15.9. The number of rotatable bonds is 6. The molecule has 1 saturated heterocycles. The minimum atomic E-state index is -0.0789. The molecule has 1 aliphatic heterocycles. The normalized spacial score (nSPS) is 18.8. The van der Waals surface area contributed by atoms with Gasteiger partial charge in [-0.3, -0.25) is 9.69 Å². The molecule has 0 bridgehead atoms. The van der Waals surface area contributed by atoms with E-state index in [1.54, 1.807) is 14.2 Å². The van der Waals surface area contributed by atoms with Crippen LogP contribution in [-0.2, 0) is 16.1 Å². The van der Waals surface area contributed by atoms with Crippen LogP contribution in [0.3, 0.4) is 0 Å². The third-order valence-corrected chi connectivity index (χ3v) is 4.01. The first-order valence-electron chi connectivity index (χ1n) is 7.77. The van der Waals surface area contributed by atoms with Gasteiger partial charge in [-0.2, -0.15) is 0 Å². The van der Waals surface area contributed by atoms with Crippen molar-refractivity contribution in [2.45, 2.75) is 26.3 Å². The van der Waals surface area contributed by atoms with Gasteiger partial charge in [0.05, 0.1) is 26.7 Å². The van der Waals surface area contributed by atoms with Gasteiger partial charge in [-0.15, -0.1) is 0 Å². The highest BCUT2D eigenvalue weighted by atomic mass is 16.5. The number of carbonyl (C=O) groups excluding carboxylic acids is 1. The van der Waals surface area contributed by atoms with Gasteiger partial charge in [0.15, 0.2) is 0 Å². The molecular weight excluding hydrogens is 282 g/mol. The average Bonchev–Trinajstić information content (AvgIpc) is 2.55. The van der Waals surface area contributed by atoms with Crippen molar-refractivity contribution in [3.05, 3.63) is 23.8 Å². The lowest BCUT2D eigenvalue weighted by Gasteiger charge is -2.31. The Kier molecular flexibility index (Phi) is 6.07. The molecule has 122 valence electrons. The predicted octanol–water partition coefficient (Wildman–Crippen LogP) is 2.48. The third-order valence-electron chi connectivity index (χ3n) is 4.01. The molecule has 0 aliphatic carbocycles. The van der Waals surface area contributed by atoms with Crippen LogP contribution < -0.4 is 9.47 Å². The second kappa shape index (κ2) is 8.03. The van der Waals surface area contributed by atoms with Gasteiger partial charge in [-0.05, 0) is 44.5 Å². The van der Waals surface area contributed by atoms with Gasteiger partial charge < -0.3 is 14.2 Å². The molecule has 0 amide bonds. The smallest absolute Gasteiger partial charge is 0.310 e. The Morgan fingerprint density at radius 1 is 1.32 bits per heavy atom. The predicted molar refractivity (Wildman–Crippen MR) is 84.2 cm³/mol. The van der Waals surface area contributed by atoms with Crippen LogP contribution in [0.5, 0.6) is 11.5 Å². The molecule has 1 aromatic rings. The summed E-state index contributed by atoms with van der Waals surface area (Å²) >= 11 is 0. The monoisotopic (exact) mass is 307 g/mol. The van der Waals surface area contributed by atoms with Crippen molar-refractivity contribution < 1.29 is 19.0 Å². The van der Waals surface area contributed by atoms with E-state index in [1.165, 1.54) is 0 Å². The maximum absolute atomic E-state index is 11.9. The van der Waals surface area contributed by atoms with Crippen LogP contribution in [0.15, 0.2) is 18.2 Å². The van der Waals surface area contributed by atoms with E-state index in [2.05, 4.69) is 4.90 Å². The Balaban J connectivity index is 2.05. The molecule has 0 saturated carbocycles. The Hall–Kier alpha value is -1.75. The van der Waals surface area contributed by atoms with Gasteiger partial charge >= 0.3 is 5.97 Å². The molecule has 22 heavy (non-hydrogen) atoms. The molecule has 5 nitrogen and oxygen atoms in total. The molecule has 0 radical (unpaired) electrons. The zero-order valence-electron chi connectivity index (χ0n) is 13.6. The van der Waals surface area contributed by atoms with Crippen LogP contribution in [0.2, 0.25) is 0 Å². The Morgan fingerprint density at radius 3 is 2.82 bits per heavy atom. The van der Waals surface area contributed by atoms with Gasteiger partial charge in [-0.1, -0.05) is 0 Å². The summed E-state index contributed by atoms with van der Waals surface area (Å²) in [6.45, 7) is 4.75. The maximum atomic E-state index is 11.9. The fraction of sp³-hybridized carbons (Fsp3) is 0.588. The Labute approximate surface area is 132 Å². The quantitative estimate of drug-likeness (QED) is 0.756. The minimum Gasteiger partial charge on any atom is -0.497 e. The number of ether oxygens (including phenoxy) is 3. The fourth-order valence-corrected chi connectivity index (χ4v) is 2.90. The molecule has 1 aromatic carbocycles. The number of esters is 1. The molecule has 1 fully saturated rings. The Morgan fingerprint density at radius 2 is 2.14 bits per heavy atom. The highest BCUT2D eigenvalue weighted by Crippen LogP contribution is 2.27. The highest BCUT2D eigenvalue weighted by molar-refractivity contribution is 5.72. The molecule has 0 N–H and O–H groups in total. The van der Waals surface area contributed by atoms with Crippen LogP contribution in [0.4, 0.5) is 0 Å². The summed E-state index contributed by atoms with van der Waals surface area (Å²) in [7, 11) is 3.33. The molecule has 5 heteroatoms. The molecule has 1 aliphatic rings. The van der Waals surface area contributed by atoms with Crippen molar-refractivity contribution in [2.24, 2.45) is 5.92 Å². The lowest BCUT2D eigenvalue weighted by Crippen LogP contribution is -2.39. The van der Waals surface area contributed by atoms with Gasteiger partial charge in [0, 0.05) is 18.7 Å². The topological polar surface area (TPSA) is 48.0 Å². The van der Waals surface area contributed by atoms with Gasteiger partial charge in [0.2, 0.25) is 0 Å². The van der Waals surface area contributed by atoms with E-state index in [1.807, 2.05) is 25.1 Å². The molecule has 0 spiro atoms. The van der Waals surface area contributed by atoms with Crippen LogP contribution in [0.25, 0.3) is 0 Å². The maximum Gasteiger partial charge on any atom is 0.310 e. The number of hydrogen-bond donors (Lipinski definition) is 0. The van der Waals surface area contributed by atoms with E-state index in [9.17, 15) is 4.79 Å². The van der Waals surface area contributed by atoms with Crippen molar-refractivity contribution in [1.82, 2.24) is 4.90 Å². The lowest BCUT2D eigenvalue weighted by molar-refractivity contribution is -0.150. The van der Waals surface area contributed by atoms with Gasteiger partial charge in [0.25, 0.3) is 0 Å². The lowest BCUT2D eigenvalue weighted by atomic mass is 9.97. The summed E-state index contributed by atoms with van der Waals surface area (Å²) in [5.41, 5.74) is 1.08. The first-order chi connectivity index (χ1) is 10.7. The summed E-state index contributed by atoms with van der Waals surface area (Å²) in [4.78, 5) is 14.2. The number of benzene rings is 1. The van der Waals surface area contributed by atoms with Crippen molar-refractivity contribution in [2.75, 3.05) is 33.9 Å². The molecular formula is C17H25NO4. The number of methoxy groups -OCH3 is 2. The summed E-state index contributed by atoms with van der Waals surface area (Å²) in [6.07, 6.45) is 1.92. The molecule has 0 unspecified atom stereocenters. The first kappa shape index (κ1) is 16.6. The molecule has 0 aromatic heterocycles. The molecule has 1 heterocycles. The van der Waals surface area contributed by atoms with E-state index in [4.69, 9.17) is 14.2 Å². The van der Waals surface area contributed by atoms with Crippen LogP contribution in [-0.4, -0.2) is 44.8 Å². The van der Waals surface area contributed by atoms with Crippen molar-refractivity contribution in [1.29, 1.82) is 0 Å². The first-order valence-corrected chi connectivity index (χ1v) is 7.77. The van der Waals surface area contributed by atoms with Gasteiger partial charge in [-0.25, -0.2) is 0 Å². The van der Waals surface area contributed by atoms with E-state index in [0.29, 0.717) is 6.61 Å². The second-order valence-corrected chi connectivity index (χ2v) is 5.50. The van der Waals surface area contributed by atoms with E-state index in [0.717, 1.165) is 49.5 Å². The molecule has 1 atom stereocenters. The van der Waals surface area contributed by atoms with E-state index >= 15 is 0 Å². The number of piperidine rings is 1. The molecule has 2 rings (SSSR count). The summed E-state index contributed by atoms with van der Waals surface area (Å²) < 4.78 is 15.9. The summed E-state index contributed by atoms with van der Waals surface area (Å²) in [5, 5.41) is 0. The van der Waals surface area contributed by atoms with Crippen molar-refractivity contribution in [3.8, 4) is 11.5 Å². The summed E-state index contributed by atoms with van der Waals surface area (Å²) in [5.74, 6) is 1.56. The number of carbonyl (C=O) groups is 1. The second-order valence-electron chi connectivity index (χ2n) is 5.50. The third kappa shape index (κ3) is 4.13. The summed E-state index contributed by atoms with van der Waals surface area (Å²) in [6, 6.07) is 5.80. The van der Waals surface area contributed by atoms with Crippen molar-refractivity contribution in [3.63, 3.8) is 0 Å².